The molecule has 35 heavy (non-hydrogen) atoms. The number of halogens is 1. The van der Waals surface area contributed by atoms with Crippen molar-refractivity contribution < 1.29 is 17.6 Å². The number of carbonyl (C=O) groups is 1. The van der Waals surface area contributed by atoms with Gasteiger partial charge in [0.1, 0.15) is 12.4 Å². The van der Waals surface area contributed by atoms with E-state index in [1.807, 2.05) is 32.9 Å². The fourth-order valence-corrected chi connectivity index (χ4v) is 5.79. The number of hydrogen-bond donors (Lipinski definition) is 0. The number of piperazine rings is 1. The zero-order valence-electron chi connectivity index (χ0n) is 20.2. The highest BCUT2D eigenvalue weighted by atomic mass is 32.2. The van der Waals surface area contributed by atoms with Crippen LogP contribution in [-0.4, -0.2) is 51.9 Å². The molecule has 0 spiro atoms. The predicted molar refractivity (Wildman–Crippen MR) is 137 cm³/mol. The molecule has 0 saturated carbocycles. The van der Waals surface area contributed by atoms with Crippen molar-refractivity contribution in [1.29, 1.82) is 0 Å². The Balaban J connectivity index is 1.56. The van der Waals surface area contributed by atoms with Crippen LogP contribution in [0.25, 0.3) is 0 Å². The van der Waals surface area contributed by atoms with Crippen LogP contribution < -0.4 is 9.21 Å². The van der Waals surface area contributed by atoms with Gasteiger partial charge in [-0.25, -0.2) is 12.8 Å². The maximum absolute atomic E-state index is 13.7. The number of rotatable bonds is 6. The quantitative estimate of drug-likeness (QED) is 0.512. The van der Waals surface area contributed by atoms with Crippen LogP contribution in [0.5, 0.6) is 0 Å². The smallest absolute Gasteiger partial charge is 0.264 e. The molecule has 184 valence electrons. The molecular formula is C27H30FN3O3S. The fraction of sp³-hybridized carbons (Fsp3) is 0.296. The Kier molecular flexibility index (Phi) is 7.12. The first kappa shape index (κ1) is 24.7. The minimum atomic E-state index is -3.96. The molecule has 8 heteroatoms. The third kappa shape index (κ3) is 5.48. The summed E-state index contributed by atoms with van der Waals surface area (Å²) in [6.07, 6.45) is 0. The molecular weight excluding hydrogens is 465 g/mol. The van der Waals surface area contributed by atoms with Gasteiger partial charge in [-0.05, 0) is 68.8 Å². The molecule has 1 amide bonds. The van der Waals surface area contributed by atoms with Crippen LogP contribution in [0.4, 0.5) is 15.8 Å². The molecule has 0 aliphatic carbocycles. The Morgan fingerprint density at radius 1 is 0.857 bits per heavy atom. The zero-order valence-corrected chi connectivity index (χ0v) is 21.1. The second-order valence-corrected chi connectivity index (χ2v) is 10.8. The second kappa shape index (κ2) is 10.1. The summed E-state index contributed by atoms with van der Waals surface area (Å²) in [4.78, 5) is 17.3. The topological polar surface area (TPSA) is 60.9 Å². The third-order valence-corrected chi connectivity index (χ3v) is 8.11. The number of aryl methyl sites for hydroxylation is 3. The van der Waals surface area contributed by atoms with Crippen molar-refractivity contribution in [3.8, 4) is 0 Å². The van der Waals surface area contributed by atoms with Gasteiger partial charge in [-0.3, -0.25) is 9.10 Å². The van der Waals surface area contributed by atoms with Gasteiger partial charge in [-0.2, -0.15) is 0 Å². The minimum absolute atomic E-state index is 0.150. The molecule has 3 aromatic carbocycles. The number of amides is 1. The molecule has 6 nitrogen and oxygen atoms in total. The molecule has 0 bridgehead atoms. The van der Waals surface area contributed by atoms with E-state index in [9.17, 15) is 17.6 Å². The molecule has 1 fully saturated rings. The highest BCUT2D eigenvalue weighted by molar-refractivity contribution is 7.92. The molecule has 1 heterocycles. The Bertz CT molecular complexity index is 1300. The van der Waals surface area contributed by atoms with Crippen LogP contribution in [0.2, 0.25) is 0 Å². The molecule has 0 N–H and O–H groups in total. The molecule has 1 aliphatic rings. The minimum Gasteiger partial charge on any atom is -0.368 e. The zero-order chi connectivity index (χ0) is 25.2. The molecule has 0 radical (unpaired) electrons. The van der Waals surface area contributed by atoms with E-state index in [0.717, 1.165) is 22.4 Å². The van der Waals surface area contributed by atoms with Crippen molar-refractivity contribution in [1.82, 2.24) is 4.90 Å². The summed E-state index contributed by atoms with van der Waals surface area (Å²) in [5, 5.41) is 0. The van der Waals surface area contributed by atoms with Crippen LogP contribution >= 0.6 is 0 Å². The van der Waals surface area contributed by atoms with Gasteiger partial charge in [0, 0.05) is 31.9 Å². The summed E-state index contributed by atoms with van der Waals surface area (Å²) in [6.45, 7) is 7.51. The van der Waals surface area contributed by atoms with E-state index in [1.54, 1.807) is 47.4 Å². The van der Waals surface area contributed by atoms with Gasteiger partial charge in [0.15, 0.2) is 0 Å². The summed E-state index contributed by atoms with van der Waals surface area (Å²) >= 11 is 0. The number of hydrogen-bond acceptors (Lipinski definition) is 4. The van der Waals surface area contributed by atoms with Crippen molar-refractivity contribution in [3.63, 3.8) is 0 Å². The van der Waals surface area contributed by atoms with E-state index in [0.29, 0.717) is 31.9 Å². The molecule has 0 unspecified atom stereocenters. The summed E-state index contributed by atoms with van der Waals surface area (Å²) < 4.78 is 41.8. The van der Waals surface area contributed by atoms with Crippen LogP contribution in [-0.2, 0) is 14.8 Å². The maximum Gasteiger partial charge on any atom is 0.264 e. The van der Waals surface area contributed by atoms with Gasteiger partial charge in [0.2, 0.25) is 5.91 Å². The normalized spacial score (nSPS) is 14.2. The Morgan fingerprint density at radius 2 is 1.46 bits per heavy atom. The van der Waals surface area contributed by atoms with E-state index in [4.69, 9.17) is 0 Å². The molecule has 3 aromatic rings. The highest BCUT2D eigenvalue weighted by Crippen LogP contribution is 2.28. The highest BCUT2D eigenvalue weighted by Gasteiger charge is 2.31. The number of nitrogens with zero attached hydrogens (tertiary/aromatic N) is 3. The van der Waals surface area contributed by atoms with E-state index in [-0.39, 0.29) is 23.2 Å². The number of anilines is 2. The lowest BCUT2D eigenvalue weighted by Crippen LogP contribution is -2.52. The Morgan fingerprint density at radius 3 is 2.06 bits per heavy atom. The van der Waals surface area contributed by atoms with Crippen molar-refractivity contribution in [3.05, 3.63) is 89.2 Å². The van der Waals surface area contributed by atoms with Crippen molar-refractivity contribution >= 4 is 27.3 Å². The number of benzene rings is 3. The van der Waals surface area contributed by atoms with Gasteiger partial charge < -0.3 is 9.80 Å². The van der Waals surface area contributed by atoms with Gasteiger partial charge >= 0.3 is 0 Å². The largest absolute Gasteiger partial charge is 0.368 e. The fourth-order valence-electron chi connectivity index (χ4n) is 4.31. The average molecular weight is 496 g/mol. The summed E-state index contributed by atoms with van der Waals surface area (Å²) in [7, 11) is -3.96. The van der Waals surface area contributed by atoms with Gasteiger partial charge in [0.05, 0.1) is 10.6 Å². The molecule has 1 aliphatic heterocycles. The lowest BCUT2D eigenvalue weighted by Gasteiger charge is -2.37. The summed E-state index contributed by atoms with van der Waals surface area (Å²) in [5.74, 6) is -0.539. The Labute approximate surface area is 206 Å². The second-order valence-electron chi connectivity index (χ2n) is 8.96. The maximum atomic E-state index is 13.7. The van der Waals surface area contributed by atoms with E-state index in [2.05, 4.69) is 4.90 Å². The van der Waals surface area contributed by atoms with Gasteiger partial charge in [0.25, 0.3) is 10.0 Å². The van der Waals surface area contributed by atoms with Crippen molar-refractivity contribution in [2.24, 2.45) is 0 Å². The van der Waals surface area contributed by atoms with E-state index >= 15 is 0 Å². The van der Waals surface area contributed by atoms with Crippen LogP contribution in [0.15, 0.2) is 71.6 Å². The lowest BCUT2D eigenvalue weighted by molar-refractivity contribution is -0.129. The van der Waals surface area contributed by atoms with Crippen molar-refractivity contribution in [2.75, 3.05) is 41.9 Å². The van der Waals surface area contributed by atoms with Gasteiger partial charge in [-0.15, -0.1) is 0 Å². The van der Waals surface area contributed by atoms with Crippen LogP contribution in [0, 0.1) is 26.6 Å². The van der Waals surface area contributed by atoms with Gasteiger partial charge in [-0.1, -0.05) is 35.4 Å². The number of carbonyl (C=O) groups excluding carboxylic acids is 1. The average Bonchev–Trinajstić information content (AvgIpc) is 2.84. The monoisotopic (exact) mass is 495 g/mol. The Hall–Kier alpha value is -3.39. The lowest BCUT2D eigenvalue weighted by atomic mass is 10.1. The van der Waals surface area contributed by atoms with E-state index in [1.165, 1.54) is 16.4 Å². The standard InChI is InChI=1S/C27H30FN3O3S/c1-20-4-11-25(12-5-20)35(33,34)31(26-13-6-21(2)18-22(26)3)19-27(32)30-16-14-29(15-17-30)24-9-7-23(28)8-10-24/h4-13,18H,14-17,19H2,1-3H3. The first-order valence-electron chi connectivity index (χ1n) is 11.6. The summed E-state index contributed by atoms with van der Waals surface area (Å²) in [6, 6.07) is 18.5. The van der Waals surface area contributed by atoms with E-state index < -0.39 is 10.0 Å². The molecule has 1 saturated heterocycles. The SMILES string of the molecule is Cc1ccc(S(=O)(=O)N(CC(=O)N2CCN(c3ccc(F)cc3)CC2)c2ccc(C)cc2C)cc1. The van der Waals surface area contributed by atoms with Crippen LogP contribution in [0.1, 0.15) is 16.7 Å². The predicted octanol–water partition coefficient (Wildman–Crippen LogP) is 4.30. The molecule has 0 aromatic heterocycles. The van der Waals surface area contributed by atoms with Crippen molar-refractivity contribution in [2.45, 2.75) is 25.7 Å². The number of sulfonamides is 1. The third-order valence-electron chi connectivity index (χ3n) is 6.33. The molecule has 4 rings (SSSR count). The van der Waals surface area contributed by atoms with Crippen LogP contribution in [0.3, 0.4) is 0 Å². The first-order valence-corrected chi connectivity index (χ1v) is 13.0. The summed E-state index contributed by atoms with van der Waals surface area (Å²) in [5.41, 5.74) is 4.15. The molecule has 0 atom stereocenters. The first-order chi connectivity index (χ1) is 16.6.